The molecule has 0 spiro atoms. The number of unbranched alkanes of at least 4 members (excludes halogenated alkanes) is 1. The fourth-order valence-corrected chi connectivity index (χ4v) is 2.65. The van der Waals surface area contributed by atoms with Gasteiger partial charge >= 0.3 is 5.97 Å². The molecule has 0 heterocycles. The van der Waals surface area contributed by atoms with Crippen molar-refractivity contribution in [2.75, 3.05) is 36.6 Å². The summed E-state index contributed by atoms with van der Waals surface area (Å²) in [5.74, 6) is -1.17. The zero-order chi connectivity index (χ0) is 21.4. The normalized spacial score (nSPS) is 10.2. The van der Waals surface area contributed by atoms with Gasteiger partial charge in [0.1, 0.15) is 5.69 Å². The number of primary amides is 1. The predicted molar refractivity (Wildman–Crippen MR) is 110 cm³/mol. The fourth-order valence-electron chi connectivity index (χ4n) is 2.65. The van der Waals surface area contributed by atoms with Gasteiger partial charge in [0.25, 0.3) is 5.69 Å². The number of esters is 1. The molecule has 0 unspecified atom stereocenters. The van der Waals surface area contributed by atoms with E-state index in [-0.39, 0.29) is 11.3 Å². The molecule has 0 saturated carbocycles. The Morgan fingerprint density at radius 3 is 2.17 bits per heavy atom. The number of methoxy groups -OCH3 is 1. The van der Waals surface area contributed by atoms with E-state index in [1.165, 1.54) is 19.2 Å². The number of carbonyl (C=O) groups excluding carboxylic acids is 2. The minimum atomic E-state index is -0.718. The summed E-state index contributed by atoms with van der Waals surface area (Å²) >= 11 is 0. The van der Waals surface area contributed by atoms with Crippen molar-refractivity contribution >= 4 is 34.6 Å². The van der Waals surface area contributed by atoms with Crippen LogP contribution in [0.2, 0.25) is 0 Å². The maximum atomic E-state index is 11.5. The quantitative estimate of drug-likeness (QED) is 0.155. The predicted octanol–water partition coefficient (Wildman–Crippen LogP) is 2.37. The Hall–Kier alpha value is -3.82. The van der Waals surface area contributed by atoms with E-state index in [4.69, 9.17) is 11.5 Å². The van der Waals surface area contributed by atoms with Gasteiger partial charge in [0.2, 0.25) is 5.91 Å². The van der Waals surface area contributed by atoms with Gasteiger partial charge in [-0.25, -0.2) is 4.79 Å². The number of nitrogen functional groups attached to an aromatic ring is 1. The molecule has 10 nitrogen and oxygen atoms in total. The third kappa shape index (κ3) is 5.83. The highest BCUT2D eigenvalue weighted by Gasteiger charge is 2.16. The van der Waals surface area contributed by atoms with Crippen LogP contribution in [0.3, 0.4) is 0 Å². The van der Waals surface area contributed by atoms with Crippen molar-refractivity contribution in [1.82, 2.24) is 0 Å². The van der Waals surface area contributed by atoms with E-state index in [2.05, 4.69) is 15.4 Å². The molecule has 0 aliphatic rings. The van der Waals surface area contributed by atoms with E-state index < -0.39 is 16.8 Å². The van der Waals surface area contributed by atoms with Crippen LogP contribution in [-0.4, -0.2) is 37.0 Å². The highest BCUT2D eigenvalue weighted by atomic mass is 16.6. The third-order valence-corrected chi connectivity index (χ3v) is 4.19. The van der Waals surface area contributed by atoms with E-state index >= 15 is 0 Å². The number of nitro groups is 1. The molecule has 10 heteroatoms. The summed E-state index contributed by atoms with van der Waals surface area (Å²) in [7, 11) is 1.30. The van der Waals surface area contributed by atoms with Gasteiger partial charge in [-0.2, -0.15) is 0 Å². The largest absolute Gasteiger partial charge is 0.465 e. The van der Waals surface area contributed by atoms with Crippen molar-refractivity contribution in [3.8, 4) is 0 Å². The first kappa shape index (κ1) is 21.5. The zero-order valence-electron chi connectivity index (χ0n) is 15.9. The molecule has 6 N–H and O–H groups in total. The lowest BCUT2D eigenvalue weighted by molar-refractivity contribution is -0.384. The first-order chi connectivity index (χ1) is 13.8. The number of nitro benzene ring substituents is 1. The number of nitrogens with zero attached hydrogens (tertiary/aromatic N) is 1. The summed E-state index contributed by atoms with van der Waals surface area (Å²) in [6, 6.07) is 8.96. The van der Waals surface area contributed by atoms with E-state index in [0.717, 1.165) is 18.9 Å². The number of carbonyl (C=O) groups is 2. The van der Waals surface area contributed by atoms with Crippen LogP contribution in [0.1, 0.15) is 33.6 Å². The van der Waals surface area contributed by atoms with Crippen molar-refractivity contribution in [1.29, 1.82) is 0 Å². The average molecular weight is 401 g/mol. The summed E-state index contributed by atoms with van der Waals surface area (Å²) in [6.45, 7) is 1.14. The molecule has 29 heavy (non-hydrogen) atoms. The van der Waals surface area contributed by atoms with Crippen molar-refractivity contribution in [3.63, 3.8) is 0 Å². The first-order valence-electron chi connectivity index (χ1n) is 8.87. The Balaban J connectivity index is 1.81. The Morgan fingerprint density at radius 2 is 1.62 bits per heavy atom. The number of hydrogen-bond donors (Lipinski definition) is 4. The van der Waals surface area contributed by atoms with Gasteiger partial charge < -0.3 is 26.8 Å². The minimum absolute atomic E-state index is 0.0854. The minimum Gasteiger partial charge on any atom is -0.465 e. The van der Waals surface area contributed by atoms with Gasteiger partial charge in [-0.3, -0.25) is 14.9 Å². The maximum Gasteiger partial charge on any atom is 0.337 e. The van der Waals surface area contributed by atoms with Crippen LogP contribution < -0.4 is 22.1 Å². The second-order valence-electron chi connectivity index (χ2n) is 6.21. The van der Waals surface area contributed by atoms with Crippen LogP contribution in [0.5, 0.6) is 0 Å². The zero-order valence-corrected chi connectivity index (χ0v) is 15.9. The standard InChI is InChI=1S/C19H23N5O5/c1-29-19(26)13-5-6-15(14(20)10-13)22-8-2-3-9-23-16-7-4-12(18(21)25)11-17(16)24(27)28/h4-7,10-11,22-23H,2-3,8-9,20H2,1H3,(H2,21,25). The Morgan fingerprint density at radius 1 is 1.03 bits per heavy atom. The van der Waals surface area contributed by atoms with Crippen LogP contribution in [0.4, 0.5) is 22.7 Å². The lowest BCUT2D eigenvalue weighted by atomic mass is 10.1. The molecule has 0 aliphatic carbocycles. The monoisotopic (exact) mass is 401 g/mol. The third-order valence-electron chi connectivity index (χ3n) is 4.19. The summed E-state index contributed by atoms with van der Waals surface area (Å²) in [5, 5.41) is 17.3. The average Bonchev–Trinajstić information content (AvgIpc) is 2.70. The molecule has 1 amide bonds. The Kier molecular flexibility index (Phi) is 7.35. The second kappa shape index (κ2) is 9.93. The maximum absolute atomic E-state index is 11.5. The highest BCUT2D eigenvalue weighted by Crippen LogP contribution is 2.25. The number of amides is 1. The molecule has 0 bridgehead atoms. The number of nitrogens with one attached hydrogen (secondary N) is 2. The fraction of sp³-hybridized carbons (Fsp3) is 0.263. The molecule has 0 aliphatic heterocycles. The van der Waals surface area contributed by atoms with E-state index in [9.17, 15) is 19.7 Å². The number of rotatable bonds is 10. The Bertz CT molecular complexity index is 916. The SMILES string of the molecule is COC(=O)c1ccc(NCCCCNc2ccc(C(N)=O)cc2[N+](=O)[O-])c(N)c1. The lowest BCUT2D eigenvalue weighted by Crippen LogP contribution is -2.12. The number of anilines is 3. The first-order valence-corrected chi connectivity index (χ1v) is 8.87. The van der Waals surface area contributed by atoms with Crippen LogP contribution in [0.25, 0.3) is 0 Å². The smallest absolute Gasteiger partial charge is 0.337 e. The number of nitrogens with two attached hydrogens (primary N) is 2. The summed E-state index contributed by atoms with van der Waals surface area (Å²) < 4.78 is 4.65. The summed E-state index contributed by atoms with van der Waals surface area (Å²) in [4.78, 5) is 33.3. The van der Waals surface area contributed by atoms with Gasteiger partial charge in [-0.15, -0.1) is 0 Å². The Labute approximate surface area is 167 Å². The number of hydrogen-bond acceptors (Lipinski definition) is 8. The van der Waals surface area contributed by atoms with Gasteiger partial charge in [-0.05, 0) is 43.2 Å². The van der Waals surface area contributed by atoms with E-state index in [0.29, 0.717) is 35.7 Å². The van der Waals surface area contributed by atoms with Crippen LogP contribution in [-0.2, 0) is 4.74 Å². The molecule has 0 saturated heterocycles. The molecule has 154 valence electrons. The topological polar surface area (TPSA) is 163 Å². The number of ether oxygens (including phenoxy) is 1. The number of benzene rings is 2. The summed E-state index contributed by atoms with van der Waals surface area (Å²) in [6.07, 6.45) is 1.51. The van der Waals surface area contributed by atoms with Crippen molar-refractivity contribution in [3.05, 3.63) is 57.6 Å². The van der Waals surface area contributed by atoms with Gasteiger partial charge in [0.05, 0.1) is 29.0 Å². The van der Waals surface area contributed by atoms with Gasteiger partial charge in [0.15, 0.2) is 0 Å². The molecular formula is C19H23N5O5. The van der Waals surface area contributed by atoms with Gasteiger partial charge in [-0.1, -0.05) is 0 Å². The van der Waals surface area contributed by atoms with Crippen molar-refractivity contribution < 1.29 is 19.2 Å². The van der Waals surface area contributed by atoms with Crippen LogP contribution >= 0.6 is 0 Å². The van der Waals surface area contributed by atoms with Crippen LogP contribution in [0.15, 0.2) is 36.4 Å². The molecule has 0 radical (unpaired) electrons. The molecule has 2 aromatic rings. The second-order valence-corrected chi connectivity index (χ2v) is 6.21. The molecule has 2 rings (SSSR count). The molecular weight excluding hydrogens is 378 g/mol. The van der Waals surface area contributed by atoms with Crippen molar-refractivity contribution in [2.45, 2.75) is 12.8 Å². The molecule has 0 fully saturated rings. The van der Waals surface area contributed by atoms with E-state index in [1.807, 2.05) is 0 Å². The van der Waals surface area contributed by atoms with Crippen molar-refractivity contribution in [2.24, 2.45) is 5.73 Å². The van der Waals surface area contributed by atoms with Gasteiger partial charge in [0, 0.05) is 24.7 Å². The summed E-state index contributed by atoms with van der Waals surface area (Å²) in [5.41, 5.74) is 12.8. The lowest BCUT2D eigenvalue weighted by Gasteiger charge is -2.11. The molecule has 0 atom stereocenters. The molecule has 0 aromatic heterocycles. The highest BCUT2D eigenvalue weighted by molar-refractivity contribution is 5.94. The molecule has 2 aromatic carbocycles. The van der Waals surface area contributed by atoms with E-state index in [1.54, 1.807) is 18.2 Å². The van der Waals surface area contributed by atoms with Crippen LogP contribution in [0, 0.1) is 10.1 Å².